The van der Waals surface area contributed by atoms with E-state index in [-0.39, 0.29) is 11.4 Å². The molecule has 0 aliphatic heterocycles. The Morgan fingerprint density at radius 1 is 1.20 bits per heavy atom. The van der Waals surface area contributed by atoms with E-state index in [9.17, 15) is 13.2 Å². The van der Waals surface area contributed by atoms with Gasteiger partial charge in [0.05, 0.1) is 11.4 Å². The smallest absolute Gasteiger partial charge is 0.329 e. The largest absolute Gasteiger partial charge is 0.364 e. The van der Waals surface area contributed by atoms with Gasteiger partial charge >= 0.3 is 6.03 Å². The number of hydrogen-bond donors (Lipinski definition) is 3. The summed E-state index contributed by atoms with van der Waals surface area (Å²) in [5.74, 6) is 0. The number of amides is 2. The van der Waals surface area contributed by atoms with Crippen molar-refractivity contribution in [3.05, 3.63) is 53.9 Å². The number of H-pyrrole nitrogens is 1. The van der Waals surface area contributed by atoms with E-state index in [0.29, 0.717) is 0 Å². The zero-order valence-electron chi connectivity index (χ0n) is 10.9. The number of aromatic nitrogens is 1. The fourth-order valence-corrected chi connectivity index (χ4v) is 2.52. The first kappa shape index (κ1) is 14.1. The van der Waals surface area contributed by atoms with E-state index in [0.717, 1.165) is 11.3 Å². The van der Waals surface area contributed by atoms with Gasteiger partial charge in [-0.05, 0) is 31.2 Å². The molecule has 0 fully saturated rings. The van der Waals surface area contributed by atoms with Crippen LogP contribution in [0.2, 0.25) is 0 Å². The number of hydrogen-bond acceptors (Lipinski definition) is 3. The van der Waals surface area contributed by atoms with Crippen molar-refractivity contribution >= 4 is 16.1 Å². The Bertz CT molecular complexity index is 676. The summed E-state index contributed by atoms with van der Waals surface area (Å²) in [6.45, 7) is 2.08. The van der Waals surface area contributed by atoms with Crippen molar-refractivity contribution in [3.8, 4) is 0 Å². The quantitative estimate of drug-likeness (QED) is 0.798. The monoisotopic (exact) mass is 293 g/mol. The molecule has 3 N–H and O–H groups in total. The van der Waals surface area contributed by atoms with Gasteiger partial charge in [0.25, 0.3) is 10.0 Å². The number of aromatic amines is 1. The van der Waals surface area contributed by atoms with Crippen LogP contribution in [0.5, 0.6) is 0 Å². The summed E-state index contributed by atoms with van der Waals surface area (Å²) in [5, 5.41) is 2.46. The van der Waals surface area contributed by atoms with E-state index in [4.69, 9.17) is 0 Å². The number of rotatable bonds is 4. The van der Waals surface area contributed by atoms with Crippen molar-refractivity contribution in [2.45, 2.75) is 18.4 Å². The van der Waals surface area contributed by atoms with Gasteiger partial charge in [-0.15, -0.1) is 0 Å². The number of urea groups is 1. The molecule has 0 atom stereocenters. The number of carbonyl (C=O) groups excluding carboxylic acids is 1. The zero-order chi connectivity index (χ0) is 14.6. The number of carbonyl (C=O) groups is 1. The van der Waals surface area contributed by atoms with Crippen molar-refractivity contribution in [1.82, 2.24) is 15.0 Å². The molecule has 0 saturated carbocycles. The number of nitrogens with one attached hydrogen (secondary N) is 3. The second-order valence-electron chi connectivity index (χ2n) is 4.30. The van der Waals surface area contributed by atoms with Gasteiger partial charge in [-0.2, -0.15) is 0 Å². The van der Waals surface area contributed by atoms with Gasteiger partial charge in [0, 0.05) is 11.9 Å². The second kappa shape index (κ2) is 5.79. The summed E-state index contributed by atoms with van der Waals surface area (Å²) in [6.07, 6.45) is 1.72. The van der Waals surface area contributed by atoms with Crippen LogP contribution in [-0.4, -0.2) is 19.4 Å². The predicted octanol–water partition coefficient (Wildman–Crippen LogP) is 1.51. The van der Waals surface area contributed by atoms with Gasteiger partial charge < -0.3 is 10.3 Å². The highest BCUT2D eigenvalue weighted by atomic mass is 32.2. The minimum Gasteiger partial charge on any atom is -0.364 e. The third-order valence-electron chi connectivity index (χ3n) is 2.66. The maximum Gasteiger partial charge on any atom is 0.329 e. The van der Waals surface area contributed by atoms with Crippen LogP contribution in [0.1, 0.15) is 11.3 Å². The second-order valence-corrected chi connectivity index (χ2v) is 5.98. The van der Waals surface area contributed by atoms with Gasteiger partial charge in [-0.1, -0.05) is 17.7 Å². The van der Waals surface area contributed by atoms with Crippen LogP contribution in [0.25, 0.3) is 0 Å². The lowest BCUT2D eigenvalue weighted by atomic mass is 10.2. The van der Waals surface area contributed by atoms with E-state index in [2.05, 4.69) is 10.3 Å². The lowest BCUT2D eigenvalue weighted by Gasteiger charge is -2.08. The molecule has 2 rings (SSSR count). The molecule has 7 heteroatoms. The molecule has 1 aromatic carbocycles. The molecule has 1 aromatic heterocycles. The molecule has 2 aromatic rings. The van der Waals surface area contributed by atoms with Gasteiger partial charge in [-0.25, -0.2) is 17.9 Å². The molecule has 2 amide bonds. The maximum absolute atomic E-state index is 11.9. The molecule has 0 spiro atoms. The first-order valence-electron chi connectivity index (χ1n) is 5.97. The van der Waals surface area contributed by atoms with Gasteiger partial charge in [-0.3, -0.25) is 0 Å². The molecular weight excluding hydrogens is 278 g/mol. The lowest BCUT2D eigenvalue weighted by Crippen LogP contribution is -2.39. The molecule has 20 heavy (non-hydrogen) atoms. The normalized spacial score (nSPS) is 11.1. The van der Waals surface area contributed by atoms with Crippen LogP contribution in [0.4, 0.5) is 4.79 Å². The summed E-state index contributed by atoms with van der Waals surface area (Å²) in [5.41, 5.74) is 1.73. The summed E-state index contributed by atoms with van der Waals surface area (Å²) < 4.78 is 25.8. The molecule has 1 heterocycles. The molecule has 0 aliphatic rings. The minimum atomic E-state index is -3.84. The molecule has 0 aliphatic carbocycles. The van der Waals surface area contributed by atoms with Crippen molar-refractivity contribution in [3.63, 3.8) is 0 Å². The van der Waals surface area contributed by atoms with E-state index < -0.39 is 16.1 Å². The molecule has 0 radical (unpaired) electrons. The average Bonchev–Trinajstić information content (AvgIpc) is 2.89. The first-order valence-corrected chi connectivity index (χ1v) is 7.45. The third kappa shape index (κ3) is 3.61. The van der Waals surface area contributed by atoms with Crippen LogP contribution in [0.3, 0.4) is 0 Å². The topological polar surface area (TPSA) is 91.1 Å². The van der Waals surface area contributed by atoms with Crippen LogP contribution < -0.4 is 10.0 Å². The van der Waals surface area contributed by atoms with Crippen molar-refractivity contribution in [1.29, 1.82) is 0 Å². The van der Waals surface area contributed by atoms with E-state index in [1.54, 1.807) is 30.5 Å². The van der Waals surface area contributed by atoms with Crippen LogP contribution in [0.15, 0.2) is 47.5 Å². The van der Waals surface area contributed by atoms with Crippen LogP contribution >= 0.6 is 0 Å². The highest BCUT2D eigenvalue weighted by molar-refractivity contribution is 7.90. The van der Waals surface area contributed by atoms with Crippen LogP contribution in [0, 0.1) is 6.92 Å². The van der Waals surface area contributed by atoms with E-state index in [1.807, 2.05) is 11.6 Å². The SMILES string of the molecule is Cc1ccc(S(=O)(=O)NC(=O)NCc2ccc[nH]2)cc1. The molecule has 106 valence electrons. The average molecular weight is 293 g/mol. The molecule has 0 unspecified atom stereocenters. The van der Waals surface area contributed by atoms with E-state index in [1.165, 1.54) is 12.1 Å². The molecular formula is C13H15N3O3S. The number of sulfonamides is 1. The fraction of sp³-hybridized carbons (Fsp3) is 0.154. The van der Waals surface area contributed by atoms with Crippen molar-refractivity contribution < 1.29 is 13.2 Å². The Labute approximate surface area is 117 Å². The van der Waals surface area contributed by atoms with Gasteiger partial charge in [0.15, 0.2) is 0 Å². The molecule has 0 saturated heterocycles. The third-order valence-corrected chi connectivity index (χ3v) is 4.01. The Morgan fingerprint density at radius 3 is 2.50 bits per heavy atom. The summed E-state index contributed by atoms with van der Waals surface area (Å²) in [7, 11) is -3.84. The maximum atomic E-state index is 11.9. The zero-order valence-corrected chi connectivity index (χ0v) is 11.7. The minimum absolute atomic E-state index is 0.0538. The molecule has 6 nitrogen and oxygen atoms in total. The molecule has 0 bridgehead atoms. The highest BCUT2D eigenvalue weighted by Crippen LogP contribution is 2.09. The first-order chi connectivity index (χ1) is 9.47. The number of aryl methyl sites for hydroxylation is 1. The van der Waals surface area contributed by atoms with Crippen molar-refractivity contribution in [2.24, 2.45) is 0 Å². The predicted molar refractivity (Wildman–Crippen MR) is 74.5 cm³/mol. The highest BCUT2D eigenvalue weighted by Gasteiger charge is 2.16. The van der Waals surface area contributed by atoms with Crippen molar-refractivity contribution in [2.75, 3.05) is 0 Å². The summed E-state index contributed by atoms with van der Waals surface area (Å²) >= 11 is 0. The summed E-state index contributed by atoms with van der Waals surface area (Å²) in [6, 6.07) is 9.06. The Morgan fingerprint density at radius 2 is 1.90 bits per heavy atom. The van der Waals surface area contributed by atoms with Gasteiger partial charge in [0.1, 0.15) is 0 Å². The Kier molecular flexibility index (Phi) is 4.09. The Balaban J connectivity index is 1.97. The van der Waals surface area contributed by atoms with Crippen LogP contribution in [-0.2, 0) is 16.6 Å². The lowest BCUT2D eigenvalue weighted by molar-refractivity contribution is 0.245. The van der Waals surface area contributed by atoms with Gasteiger partial charge in [0.2, 0.25) is 0 Å². The summed E-state index contributed by atoms with van der Waals surface area (Å²) in [4.78, 5) is 14.5. The standard InChI is InChI=1S/C13H15N3O3S/c1-10-4-6-12(7-5-10)20(18,19)16-13(17)15-9-11-3-2-8-14-11/h2-8,14H,9H2,1H3,(H2,15,16,17). The number of benzene rings is 1. The van der Waals surface area contributed by atoms with E-state index >= 15 is 0 Å². The fourth-order valence-electron chi connectivity index (χ4n) is 1.59. The Hall–Kier alpha value is -2.28.